The normalized spacial score (nSPS) is 10.5. The van der Waals surface area contributed by atoms with Gasteiger partial charge in [0.2, 0.25) is 0 Å². The minimum atomic E-state index is 0.523. The fourth-order valence-electron chi connectivity index (χ4n) is 1.64. The lowest BCUT2D eigenvalue weighted by molar-refractivity contribution is 0.996. The zero-order valence-electron chi connectivity index (χ0n) is 9.97. The number of nitrogens with two attached hydrogens (primary N) is 1. The van der Waals surface area contributed by atoms with Crippen LogP contribution in [0.25, 0.3) is 0 Å². The Morgan fingerprint density at radius 3 is 2.82 bits per heavy atom. The second-order valence-corrected chi connectivity index (χ2v) is 4.98. The van der Waals surface area contributed by atoms with Crippen molar-refractivity contribution in [3.05, 3.63) is 47.4 Å². The molecule has 88 valence electrons. The molecule has 3 nitrogen and oxygen atoms in total. The molecule has 2 heterocycles. The van der Waals surface area contributed by atoms with Crippen LogP contribution in [0.5, 0.6) is 0 Å². The lowest BCUT2D eigenvalue weighted by Gasteiger charge is -2.07. The van der Waals surface area contributed by atoms with Gasteiger partial charge in [-0.1, -0.05) is 11.8 Å². The lowest BCUT2D eigenvalue weighted by atomic mass is 10.2. The van der Waals surface area contributed by atoms with E-state index < -0.39 is 0 Å². The highest BCUT2D eigenvalue weighted by atomic mass is 32.2. The van der Waals surface area contributed by atoms with E-state index in [1.54, 1.807) is 18.0 Å². The van der Waals surface area contributed by atoms with Crippen molar-refractivity contribution in [2.24, 2.45) is 5.73 Å². The molecule has 0 bridgehead atoms. The largest absolute Gasteiger partial charge is 0.326 e. The first-order chi connectivity index (χ1) is 8.19. The van der Waals surface area contributed by atoms with Gasteiger partial charge in [-0.25, -0.2) is 4.98 Å². The molecule has 4 heteroatoms. The molecule has 0 fully saturated rings. The Morgan fingerprint density at radius 2 is 2.12 bits per heavy atom. The molecule has 0 amide bonds. The summed E-state index contributed by atoms with van der Waals surface area (Å²) in [5.74, 6) is 0. The predicted octanol–water partition coefficient (Wildman–Crippen LogP) is 2.70. The van der Waals surface area contributed by atoms with E-state index in [0.29, 0.717) is 6.54 Å². The Labute approximate surface area is 105 Å². The Hall–Kier alpha value is -1.39. The summed E-state index contributed by atoms with van der Waals surface area (Å²) in [4.78, 5) is 9.71. The number of nitrogens with zero attached hydrogens (tertiary/aromatic N) is 2. The number of aromatic nitrogens is 2. The van der Waals surface area contributed by atoms with E-state index in [0.717, 1.165) is 21.2 Å². The lowest BCUT2D eigenvalue weighted by Crippen LogP contribution is -1.98. The summed E-state index contributed by atoms with van der Waals surface area (Å²) in [7, 11) is 0. The molecular formula is C13H15N3S. The van der Waals surface area contributed by atoms with Crippen molar-refractivity contribution in [2.45, 2.75) is 30.3 Å². The maximum Gasteiger partial charge on any atom is 0.101 e. The Balaban J connectivity index is 2.31. The van der Waals surface area contributed by atoms with E-state index >= 15 is 0 Å². The van der Waals surface area contributed by atoms with Gasteiger partial charge in [0.25, 0.3) is 0 Å². The highest BCUT2D eigenvalue weighted by Crippen LogP contribution is 2.28. The minimum Gasteiger partial charge on any atom is -0.326 e. The van der Waals surface area contributed by atoms with Gasteiger partial charge in [0.15, 0.2) is 0 Å². The fraction of sp³-hybridized carbons (Fsp3) is 0.231. The van der Waals surface area contributed by atoms with Crippen LogP contribution in [0.3, 0.4) is 0 Å². The van der Waals surface area contributed by atoms with E-state index in [-0.39, 0.29) is 0 Å². The first-order valence-corrected chi connectivity index (χ1v) is 6.27. The van der Waals surface area contributed by atoms with Crippen LogP contribution in [0.4, 0.5) is 0 Å². The first kappa shape index (κ1) is 12.1. The second kappa shape index (κ2) is 5.29. The third-order valence-electron chi connectivity index (χ3n) is 2.38. The zero-order chi connectivity index (χ0) is 12.3. The average molecular weight is 245 g/mol. The molecule has 0 aliphatic heterocycles. The van der Waals surface area contributed by atoms with Gasteiger partial charge in [-0.15, -0.1) is 0 Å². The average Bonchev–Trinajstić information content (AvgIpc) is 2.28. The summed E-state index contributed by atoms with van der Waals surface area (Å²) in [5.41, 5.74) is 9.06. The SMILES string of the molecule is Cc1cc(C)nc(Sc2cnccc2CN)c1. The Morgan fingerprint density at radius 1 is 1.29 bits per heavy atom. The molecule has 2 rings (SSSR count). The van der Waals surface area contributed by atoms with E-state index in [1.165, 1.54) is 5.56 Å². The molecule has 0 aromatic carbocycles. The molecule has 2 aromatic heterocycles. The van der Waals surface area contributed by atoms with Crippen LogP contribution >= 0.6 is 11.8 Å². The molecule has 0 aliphatic carbocycles. The van der Waals surface area contributed by atoms with Crippen LogP contribution in [0, 0.1) is 13.8 Å². The number of aryl methyl sites for hydroxylation is 2. The second-order valence-electron chi connectivity index (χ2n) is 3.91. The van der Waals surface area contributed by atoms with Crippen molar-refractivity contribution in [3.63, 3.8) is 0 Å². The molecule has 0 radical (unpaired) electrons. The van der Waals surface area contributed by atoms with Crippen molar-refractivity contribution in [1.29, 1.82) is 0 Å². The maximum atomic E-state index is 5.70. The molecule has 0 atom stereocenters. The van der Waals surface area contributed by atoms with Crippen molar-refractivity contribution in [1.82, 2.24) is 9.97 Å². The quantitative estimate of drug-likeness (QED) is 0.903. The van der Waals surface area contributed by atoms with Gasteiger partial charge in [-0.2, -0.15) is 0 Å². The van der Waals surface area contributed by atoms with Crippen LogP contribution < -0.4 is 5.73 Å². The van der Waals surface area contributed by atoms with Crippen LogP contribution in [0.1, 0.15) is 16.8 Å². The molecule has 0 saturated heterocycles. The zero-order valence-corrected chi connectivity index (χ0v) is 10.8. The van der Waals surface area contributed by atoms with E-state index in [9.17, 15) is 0 Å². The van der Waals surface area contributed by atoms with Gasteiger partial charge in [-0.05, 0) is 43.2 Å². The number of pyridine rings is 2. The number of rotatable bonds is 3. The van der Waals surface area contributed by atoms with E-state index in [1.807, 2.05) is 19.2 Å². The topological polar surface area (TPSA) is 51.8 Å². The molecule has 2 N–H and O–H groups in total. The van der Waals surface area contributed by atoms with Crippen molar-refractivity contribution in [2.75, 3.05) is 0 Å². The molecule has 17 heavy (non-hydrogen) atoms. The summed E-state index contributed by atoms with van der Waals surface area (Å²) in [5, 5.41) is 0.991. The standard InChI is InChI=1S/C13H15N3S/c1-9-5-10(2)16-13(6-9)17-12-8-15-4-3-11(12)7-14/h3-6,8H,7,14H2,1-2H3. The highest BCUT2D eigenvalue weighted by Gasteiger charge is 2.05. The summed E-state index contributed by atoms with van der Waals surface area (Å²) >= 11 is 1.61. The monoisotopic (exact) mass is 245 g/mol. The van der Waals surface area contributed by atoms with Crippen LogP contribution in [-0.2, 0) is 6.54 Å². The number of hydrogen-bond donors (Lipinski definition) is 1. The molecule has 0 spiro atoms. The van der Waals surface area contributed by atoms with Gasteiger partial charge in [0.1, 0.15) is 5.03 Å². The summed E-state index contributed by atoms with van der Waals surface area (Å²) in [6.45, 7) is 4.60. The highest BCUT2D eigenvalue weighted by molar-refractivity contribution is 7.99. The third kappa shape index (κ3) is 3.05. The maximum absolute atomic E-state index is 5.70. The third-order valence-corrected chi connectivity index (χ3v) is 3.38. The summed E-state index contributed by atoms with van der Waals surface area (Å²) in [6.07, 6.45) is 3.60. The smallest absolute Gasteiger partial charge is 0.101 e. The van der Waals surface area contributed by atoms with E-state index in [4.69, 9.17) is 5.73 Å². The van der Waals surface area contributed by atoms with E-state index in [2.05, 4.69) is 29.0 Å². The predicted molar refractivity (Wildman–Crippen MR) is 70.0 cm³/mol. The van der Waals surface area contributed by atoms with Gasteiger partial charge in [-0.3, -0.25) is 4.98 Å². The molecule has 0 aliphatic rings. The molecule has 0 unspecified atom stereocenters. The van der Waals surface area contributed by atoms with Crippen molar-refractivity contribution in [3.8, 4) is 0 Å². The first-order valence-electron chi connectivity index (χ1n) is 5.45. The van der Waals surface area contributed by atoms with Gasteiger partial charge >= 0.3 is 0 Å². The van der Waals surface area contributed by atoms with Crippen LogP contribution in [0.2, 0.25) is 0 Å². The van der Waals surface area contributed by atoms with Crippen LogP contribution in [0.15, 0.2) is 40.5 Å². The molecule has 2 aromatic rings. The minimum absolute atomic E-state index is 0.523. The van der Waals surface area contributed by atoms with Crippen molar-refractivity contribution < 1.29 is 0 Å². The Kier molecular flexibility index (Phi) is 3.76. The number of hydrogen-bond acceptors (Lipinski definition) is 4. The van der Waals surface area contributed by atoms with Crippen LogP contribution in [-0.4, -0.2) is 9.97 Å². The van der Waals surface area contributed by atoms with Crippen molar-refractivity contribution >= 4 is 11.8 Å². The fourth-order valence-corrected chi connectivity index (χ4v) is 2.69. The molecular weight excluding hydrogens is 230 g/mol. The van der Waals surface area contributed by atoms with Gasteiger partial charge in [0, 0.05) is 29.5 Å². The van der Waals surface area contributed by atoms with Gasteiger partial charge < -0.3 is 5.73 Å². The molecule has 0 saturated carbocycles. The summed E-state index contributed by atoms with van der Waals surface area (Å²) in [6, 6.07) is 6.09. The Bertz CT molecular complexity index is 506. The van der Waals surface area contributed by atoms with Gasteiger partial charge in [0.05, 0.1) is 0 Å². The summed E-state index contributed by atoms with van der Waals surface area (Å²) < 4.78 is 0.